The van der Waals surface area contributed by atoms with Crippen molar-refractivity contribution in [3.05, 3.63) is 0 Å². The van der Waals surface area contributed by atoms with Crippen LogP contribution in [0.4, 0.5) is 0 Å². The highest BCUT2D eigenvalue weighted by Gasteiger charge is 2.30. The highest BCUT2D eigenvalue weighted by molar-refractivity contribution is 5.80. The van der Waals surface area contributed by atoms with Gasteiger partial charge >= 0.3 is 0 Å². The van der Waals surface area contributed by atoms with E-state index in [2.05, 4.69) is 31.0 Å². The van der Waals surface area contributed by atoms with Crippen LogP contribution in [0.3, 0.4) is 0 Å². The SMILES string of the molecule is CC(C)CC(C)N1CCNCC1C(N)=O. The lowest BCUT2D eigenvalue weighted by Gasteiger charge is -2.39. The summed E-state index contributed by atoms with van der Waals surface area (Å²) in [4.78, 5) is 13.5. The summed E-state index contributed by atoms with van der Waals surface area (Å²) in [6, 6.07) is 0.303. The molecular weight excluding hydrogens is 190 g/mol. The van der Waals surface area contributed by atoms with Crippen LogP contribution in [0.2, 0.25) is 0 Å². The molecule has 0 aromatic heterocycles. The summed E-state index contributed by atoms with van der Waals surface area (Å²) in [5, 5.41) is 3.21. The van der Waals surface area contributed by atoms with E-state index in [1.807, 2.05) is 0 Å². The van der Waals surface area contributed by atoms with Gasteiger partial charge in [-0.3, -0.25) is 9.69 Å². The molecule has 0 radical (unpaired) electrons. The summed E-state index contributed by atoms with van der Waals surface area (Å²) in [5.41, 5.74) is 5.41. The molecular formula is C11H23N3O. The molecule has 0 saturated carbocycles. The van der Waals surface area contributed by atoms with Crippen LogP contribution >= 0.6 is 0 Å². The number of nitrogens with one attached hydrogen (secondary N) is 1. The first-order chi connectivity index (χ1) is 7.02. The van der Waals surface area contributed by atoms with Crippen LogP contribution in [-0.2, 0) is 4.79 Å². The minimum absolute atomic E-state index is 0.132. The maximum atomic E-state index is 11.3. The van der Waals surface area contributed by atoms with E-state index in [0.717, 1.165) is 19.5 Å². The van der Waals surface area contributed by atoms with Crippen LogP contribution in [-0.4, -0.2) is 42.5 Å². The zero-order chi connectivity index (χ0) is 11.4. The second-order valence-electron chi connectivity index (χ2n) is 4.84. The molecule has 1 amide bonds. The number of carbonyl (C=O) groups is 1. The Bertz CT molecular complexity index is 218. The van der Waals surface area contributed by atoms with Crippen molar-refractivity contribution in [1.82, 2.24) is 10.2 Å². The zero-order valence-corrected chi connectivity index (χ0v) is 9.99. The molecule has 15 heavy (non-hydrogen) atoms. The lowest BCUT2D eigenvalue weighted by molar-refractivity contribution is -0.124. The standard InChI is InChI=1S/C11H23N3O/c1-8(2)6-9(3)14-5-4-13-7-10(14)11(12)15/h8-10,13H,4-7H2,1-3H3,(H2,12,15). The lowest BCUT2D eigenvalue weighted by atomic mass is 10.0. The fourth-order valence-corrected chi connectivity index (χ4v) is 2.33. The quantitative estimate of drug-likeness (QED) is 0.700. The number of rotatable bonds is 4. The number of hydrogen-bond donors (Lipinski definition) is 2. The fourth-order valence-electron chi connectivity index (χ4n) is 2.33. The third-order valence-corrected chi connectivity index (χ3v) is 2.99. The second kappa shape index (κ2) is 5.47. The predicted octanol–water partition coefficient (Wildman–Crippen LogP) is 0.180. The average Bonchev–Trinajstić information content (AvgIpc) is 2.16. The molecule has 1 aliphatic rings. The van der Waals surface area contributed by atoms with Crippen molar-refractivity contribution in [1.29, 1.82) is 0 Å². The smallest absolute Gasteiger partial charge is 0.236 e. The van der Waals surface area contributed by atoms with E-state index >= 15 is 0 Å². The summed E-state index contributed by atoms with van der Waals surface area (Å²) in [7, 11) is 0. The van der Waals surface area contributed by atoms with Gasteiger partial charge < -0.3 is 11.1 Å². The van der Waals surface area contributed by atoms with Crippen molar-refractivity contribution in [2.24, 2.45) is 11.7 Å². The highest BCUT2D eigenvalue weighted by atomic mass is 16.1. The Morgan fingerprint density at radius 1 is 1.53 bits per heavy atom. The van der Waals surface area contributed by atoms with Crippen LogP contribution in [0.1, 0.15) is 27.2 Å². The van der Waals surface area contributed by atoms with Crippen LogP contribution < -0.4 is 11.1 Å². The van der Waals surface area contributed by atoms with Gasteiger partial charge in [-0.2, -0.15) is 0 Å². The van der Waals surface area contributed by atoms with E-state index in [0.29, 0.717) is 18.5 Å². The molecule has 1 fully saturated rings. The molecule has 0 aliphatic carbocycles. The maximum Gasteiger partial charge on any atom is 0.236 e. The Morgan fingerprint density at radius 3 is 2.73 bits per heavy atom. The van der Waals surface area contributed by atoms with E-state index in [9.17, 15) is 4.79 Å². The maximum absolute atomic E-state index is 11.3. The Balaban J connectivity index is 2.59. The first-order valence-electron chi connectivity index (χ1n) is 5.78. The highest BCUT2D eigenvalue weighted by Crippen LogP contribution is 2.15. The molecule has 88 valence electrons. The summed E-state index contributed by atoms with van der Waals surface area (Å²) in [5.74, 6) is 0.446. The monoisotopic (exact) mass is 213 g/mol. The molecule has 4 nitrogen and oxygen atoms in total. The van der Waals surface area contributed by atoms with Crippen molar-refractivity contribution in [3.63, 3.8) is 0 Å². The van der Waals surface area contributed by atoms with Gasteiger partial charge in [0.1, 0.15) is 6.04 Å². The van der Waals surface area contributed by atoms with Crippen LogP contribution in [0, 0.1) is 5.92 Å². The molecule has 0 aromatic rings. The number of hydrogen-bond acceptors (Lipinski definition) is 3. The molecule has 1 rings (SSSR count). The lowest BCUT2D eigenvalue weighted by Crippen LogP contribution is -2.59. The molecule has 1 saturated heterocycles. The zero-order valence-electron chi connectivity index (χ0n) is 9.99. The van der Waals surface area contributed by atoms with Gasteiger partial charge in [0.2, 0.25) is 5.91 Å². The molecule has 2 unspecified atom stereocenters. The third kappa shape index (κ3) is 3.47. The summed E-state index contributed by atoms with van der Waals surface area (Å²) in [6.45, 7) is 9.16. The van der Waals surface area contributed by atoms with Crippen LogP contribution in [0.25, 0.3) is 0 Å². The average molecular weight is 213 g/mol. The van der Waals surface area contributed by atoms with Crippen molar-refractivity contribution < 1.29 is 4.79 Å². The van der Waals surface area contributed by atoms with Crippen molar-refractivity contribution >= 4 is 5.91 Å². The van der Waals surface area contributed by atoms with Gasteiger partial charge in [-0.15, -0.1) is 0 Å². The molecule has 0 spiro atoms. The van der Waals surface area contributed by atoms with Gasteiger partial charge in [0, 0.05) is 25.7 Å². The van der Waals surface area contributed by atoms with E-state index in [1.165, 1.54) is 0 Å². The predicted molar refractivity (Wildman–Crippen MR) is 61.5 cm³/mol. The molecule has 1 aliphatic heterocycles. The number of nitrogens with zero attached hydrogens (tertiary/aromatic N) is 1. The Hall–Kier alpha value is -0.610. The molecule has 0 bridgehead atoms. The van der Waals surface area contributed by atoms with Gasteiger partial charge in [-0.1, -0.05) is 13.8 Å². The van der Waals surface area contributed by atoms with Gasteiger partial charge in [-0.05, 0) is 19.3 Å². The van der Waals surface area contributed by atoms with Gasteiger partial charge in [0.05, 0.1) is 0 Å². The topological polar surface area (TPSA) is 58.4 Å². The van der Waals surface area contributed by atoms with E-state index in [-0.39, 0.29) is 11.9 Å². The van der Waals surface area contributed by atoms with Gasteiger partial charge in [0.15, 0.2) is 0 Å². The Kier molecular flexibility index (Phi) is 4.54. The molecule has 0 aromatic carbocycles. The van der Waals surface area contributed by atoms with Crippen molar-refractivity contribution in [3.8, 4) is 0 Å². The number of nitrogens with two attached hydrogens (primary N) is 1. The van der Waals surface area contributed by atoms with E-state index in [1.54, 1.807) is 0 Å². The second-order valence-corrected chi connectivity index (χ2v) is 4.84. The first-order valence-corrected chi connectivity index (χ1v) is 5.78. The summed E-state index contributed by atoms with van der Waals surface area (Å²) in [6.07, 6.45) is 1.11. The third-order valence-electron chi connectivity index (χ3n) is 2.99. The fraction of sp³-hybridized carbons (Fsp3) is 0.909. The molecule has 4 heteroatoms. The van der Waals surface area contributed by atoms with Crippen LogP contribution in [0.15, 0.2) is 0 Å². The minimum Gasteiger partial charge on any atom is -0.368 e. The van der Waals surface area contributed by atoms with Crippen LogP contribution in [0.5, 0.6) is 0 Å². The van der Waals surface area contributed by atoms with Crippen molar-refractivity contribution in [2.75, 3.05) is 19.6 Å². The normalized spacial score (nSPS) is 25.5. The summed E-state index contributed by atoms with van der Waals surface area (Å²) >= 11 is 0. The Labute approximate surface area is 92.2 Å². The van der Waals surface area contributed by atoms with Gasteiger partial charge in [0.25, 0.3) is 0 Å². The van der Waals surface area contributed by atoms with Crippen molar-refractivity contribution in [2.45, 2.75) is 39.3 Å². The number of carbonyl (C=O) groups excluding carboxylic acids is 1. The van der Waals surface area contributed by atoms with Gasteiger partial charge in [-0.25, -0.2) is 0 Å². The number of piperazine rings is 1. The number of amides is 1. The summed E-state index contributed by atoms with van der Waals surface area (Å²) < 4.78 is 0. The molecule has 3 N–H and O–H groups in total. The number of primary amides is 1. The molecule has 2 atom stereocenters. The first kappa shape index (κ1) is 12.5. The molecule has 1 heterocycles. The Morgan fingerprint density at radius 2 is 2.20 bits per heavy atom. The van der Waals surface area contributed by atoms with E-state index in [4.69, 9.17) is 5.73 Å². The minimum atomic E-state index is -0.210. The largest absolute Gasteiger partial charge is 0.368 e. The van der Waals surface area contributed by atoms with E-state index < -0.39 is 0 Å².